The standard InChI is InChI=1S/C23H24ClN5O3/c1-12-7-8-16(9-13(12)2)29-14(3)10-17(15(29)4)18(30)11-28-19-20(25-22(28)24)26(5)23(32)27(6)21(19)31/h7-10H,11H2,1-6H3. The average Bonchev–Trinajstić information content (AvgIpc) is 3.23. The number of ketones is 1. The number of hydrogen-bond acceptors (Lipinski definition) is 4. The van der Waals surface area contributed by atoms with Crippen molar-refractivity contribution < 1.29 is 4.79 Å². The van der Waals surface area contributed by atoms with Crippen molar-refractivity contribution in [2.45, 2.75) is 34.2 Å². The van der Waals surface area contributed by atoms with Crippen molar-refractivity contribution in [3.8, 4) is 5.69 Å². The minimum absolute atomic E-state index is 0.0189. The molecule has 9 heteroatoms. The van der Waals surface area contributed by atoms with E-state index in [2.05, 4.69) is 31.0 Å². The molecule has 0 amide bonds. The number of halogens is 1. The Morgan fingerprint density at radius 2 is 1.69 bits per heavy atom. The molecule has 4 rings (SSSR count). The lowest BCUT2D eigenvalue weighted by molar-refractivity contribution is 0.0972. The molecule has 0 fully saturated rings. The summed E-state index contributed by atoms with van der Waals surface area (Å²) in [7, 11) is 2.89. The number of Topliss-reactive ketones (excluding diaryl/α,β-unsaturated/α-hetero) is 1. The number of rotatable bonds is 4. The number of aryl methyl sites for hydroxylation is 4. The molecule has 1 aromatic carbocycles. The van der Waals surface area contributed by atoms with Gasteiger partial charge < -0.3 is 9.13 Å². The van der Waals surface area contributed by atoms with Crippen LogP contribution in [0.2, 0.25) is 5.28 Å². The van der Waals surface area contributed by atoms with Gasteiger partial charge in [-0.15, -0.1) is 0 Å². The summed E-state index contributed by atoms with van der Waals surface area (Å²) >= 11 is 6.28. The summed E-state index contributed by atoms with van der Waals surface area (Å²) < 4.78 is 5.63. The number of aromatic nitrogens is 5. The van der Waals surface area contributed by atoms with E-state index in [0.29, 0.717) is 5.56 Å². The van der Waals surface area contributed by atoms with E-state index < -0.39 is 11.2 Å². The van der Waals surface area contributed by atoms with Crippen LogP contribution < -0.4 is 11.2 Å². The van der Waals surface area contributed by atoms with Crippen LogP contribution in [-0.4, -0.2) is 29.0 Å². The van der Waals surface area contributed by atoms with Crippen molar-refractivity contribution in [3.05, 3.63) is 78.5 Å². The maximum absolute atomic E-state index is 13.3. The van der Waals surface area contributed by atoms with Crippen molar-refractivity contribution in [3.63, 3.8) is 0 Å². The molecule has 0 atom stereocenters. The maximum Gasteiger partial charge on any atom is 0.332 e. The first kappa shape index (κ1) is 21.8. The van der Waals surface area contributed by atoms with E-state index in [-0.39, 0.29) is 28.8 Å². The van der Waals surface area contributed by atoms with Gasteiger partial charge in [0.05, 0.1) is 6.54 Å². The first-order valence-corrected chi connectivity index (χ1v) is 10.5. The zero-order valence-electron chi connectivity index (χ0n) is 18.9. The van der Waals surface area contributed by atoms with Gasteiger partial charge in [0.1, 0.15) is 0 Å². The molecule has 4 aromatic rings. The Kier molecular flexibility index (Phi) is 5.21. The molecule has 0 unspecified atom stereocenters. The molecule has 0 saturated heterocycles. The summed E-state index contributed by atoms with van der Waals surface area (Å²) in [5.74, 6) is -0.203. The number of fused-ring (bicyclic) bond motifs is 1. The van der Waals surface area contributed by atoms with E-state index >= 15 is 0 Å². The van der Waals surface area contributed by atoms with E-state index in [1.54, 1.807) is 0 Å². The first-order valence-electron chi connectivity index (χ1n) is 10.1. The monoisotopic (exact) mass is 453 g/mol. The fourth-order valence-corrected chi connectivity index (χ4v) is 4.32. The molecule has 0 spiro atoms. The van der Waals surface area contributed by atoms with Crippen LogP contribution >= 0.6 is 11.6 Å². The highest BCUT2D eigenvalue weighted by molar-refractivity contribution is 6.29. The molecule has 3 heterocycles. The van der Waals surface area contributed by atoms with Gasteiger partial charge in [-0.25, -0.2) is 4.79 Å². The molecule has 8 nitrogen and oxygen atoms in total. The second-order valence-corrected chi connectivity index (χ2v) is 8.49. The second kappa shape index (κ2) is 7.63. The molecule has 0 saturated carbocycles. The molecule has 0 aliphatic heterocycles. The van der Waals surface area contributed by atoms with Crippen molar-refractivity contribution >= 4 is 28.5 Å². The molecule has 0 aliphatic rings. The molecule has 0 radical (unpaired) electrons. The highest BCUT2D eigenvalue weighted by atomic mass is 35.5. The highest BCUT2D eigenvalue weighted by Gasteiger charge is 2.23. The zero-order chi connectivity index (χ0) is 23.5. The number of nitrogens with zero attached hydrogens (tertiary/aromatic N) is 5. The van der Waals surface area contributed by atoms with Crippen LogP contribution in [0.5, 0.6) is 0 Å². The van der Waals surface area contributed by atoms with Crippen LogP contribution in [0, 0.1) is 27.7 Å². The Morgan fingerprint density at radius 1 is 1.00 bits per heavy atom. The Bertz CT molecular complexity index is 1530. The van der Waals surface area contributed by atoms with Crippen molar-refractivity contribution in [2.24, 2.45) is 14.1 Å². The van der Waals surface area contributed by atoms with Gasteiger partial charge in [-0.1, -0.05) is 6.07 Å². The van der Waals surface area contributed by atoms with E-state index in [9.17, 15) is 14.4 Å². The summed E-state index contributed by atoms with van der Waals surface area (Å²) in [4.78, 5) is 42.4. The molecule has 0 aliphatic carbocycles. The summed E-state index contributed by atoms with van der Waals surface area (Å²) in [6, 6.07) is 8.02. The molecular formula is C23H24ClN5O3. The molecule has 3 aromatic heterocycles. The van der Waals surface area contributed by atoms with Gasteiger partial charge in [0.15, 0.2) is 16.9 Å². The number of imidazole rings is 1. The normalized spacial score (nSPS) is 11.5. The van der Waals surface area contributed by atoms with Crippen LogP contribution in [-0.2, 0) is 20.6 Å². The van der Waals surface area contributed by atoms with Crippen LogP contribution in [0.15, 0.2) is 33.9 Å². The largest absolute Gasteiger partial charge is 0.332 e. The molecule has 32 heavy (non-hydrogen) atoms. The molecule has 0 bridgehead atoms. The Labute approximate surface area is 189 Å². The average molecular weight is 454 g/mol. The lowest BCUT2D eigenvalue weighted by Crippen LogP contribution is -2.37. The molecule has 0 N–H and O–H groups in total. The van der Waals surface area contributed by atoms with Gasteiger partial charge in [-0.2, -0.15) is 4.98 Å². The summed E-state index contributed by atoms with van der Waals surface area (Å²) in [6.45, 7) is 7.79. The molecule has 166 valence electrons. The van der Waals surface area contributed by atoms with Crippen LogP contribution in [0.3, 0.4) is 0 Å². The third-order valence-corrected chi connectivity index (χ3v) is 6.37. The van der Waals surface area contributed by atoms with Gasteiger partial charge in [0.25, 0.3) is 5.56 Å². The highest BCUT2D eigenvalue weighted by Crippen LogP contribution is 2.24. The van der Waals surface area contributed by atoms with Gasteiger partial charge in [-0.05, 0) is 68.6 Å². The van der Waals surface area contributed by atoms with Crippen molar-refractivity contribution in [1.29, 1.82) is 0 Å². The van der Waals surface area contributed by atoms with Gasteiger partial charge in [-0.3, -0.25) is 18.7 Å². The predicted octanol–water partition coefficient (Wildman–Crippen LogP) is 2.99. The predicted molar refractivity (Wildman–Crippen MR) is 124 cm³/mol. The summed E-state index contributed by atoms with van der Waals surface area (Å²) in [6.07, 6.45) is 0. The smallest absolute Gasteiger partial charge is 0.318 e. The van der Waals surface area contributed by atoms with Crippen LogP contribution in [0.1, 0.15) is 32.9 Å². The summed E-state index contributed by atoms with van der Waals surface area (Å²) in [5, 5.41) is -0.0189. The first-order chi connectivity index (χ1) is 15.0. The lowest BCUT2D eigenvalue weighted by atomic mass is 10.1. The van der Waals surface area contributed by atoms with E-state index in [1.807, 2.05) is 30.5 Å². The number of benzene rings is 1. The molecular weight excluding hydrogens is 430 g/mol. The van der Waals surface area contributed by atoms with E-state index in [0.717, 1.165) is 21.6 Å². The summed E-state index contributed by atoms with van der Waals surface area (Å²) in [5.41, 5.74) is 4.84. The van der Waals surface area contributed by atoms with Crippen LogP contribution in [0.4, 0.5) is 0 Å². The third-order valence-electron chi connectivity index (χ3n) is 6.08. The lowest BCUT2D eigenvalue weighted by Gasteiger charge is -2.12. The Hall–Kier alpha value is -3.39. The van der Waals surface area contributed by atoms with E-state index in [4.69, 9.17) is 11.6 Å². The van der Waals surface area contributed by atoms with Crippen molar-refractivity contribution in [2.75, 3.05) is 0 Å². The van der Waals surface area contributed by atoms with E-state index in [1.165, 1.54) is 34.4 Å². The SMILES string of the molecule is Cc1ccc(-n2c(C)cc(C(=O)Cn3c(Cl)nc4c3c(=O)n(C)c(=O)n4C)c2C)cc1C. The third kappa shape index (κ3) is 3.22. The van der Waals surface area contributed by atoms with Gasteiger partial charge >= 0.3 is 5.69 Å². The van der Waals surface area contributed by atoms with Gasteiger partial charge in [0, 0.05) is 36.7 Å². The number of hydrogen-bond donors (Lipinski definition) is 0. The fourth-order valence-electron chi connectivity index (χ4n) is 4.10. The minimum atomic E-state index is -0.545. The fraction of sp³-hybridized carbons (Fsp3) is 0.304. The number of carbonyl (C=O) groups excluding carboxylic acids is 1. The Balaban J connectivity index is 1.80. The van der Waals surface area contributed by atoms with Crippen LogP contribution in [0.25, 0.3) is 16.9 Å². The minimum Gasteiger partial charge on any atom is -0.318 e. The van der Waals surface area contributed by atoms with Gasteiger partial charge in [0.2, 0.25) is 5.28 Å². The van der Waals surface area contributed by atoms with Crippen molar-refractivity contribution in [1.82, 2.24) is 23.3 Å². The quantitative estimate of drug-likeness (QED) is 0.351. The second-order valence-electron chi connectivity index (χ2n) is 8.16. The topological polar surface area (TPSA) is 83.8 Å². The zero-order valence-corrected chi connectivity index (χ0v) is 19.6. The number of carbonyl (C=O) groups is 1. The maximum atomic E-state index is 13.3. The Morgan fingerprint density at radius 3 is 2.34 bits per heavy atom.